The zero-order chi connectivity index (χ0) is 27.2. The SMILES string of the molecule is O=C(NCC(F)(F)F)[C@]1(Cc2ccc(Br)cc2)N=C(c2ccc(OCCCO)cc2)O[C@@H]1c1ccccc1. The first kappa shape index (κ1) is 27.7. The van der Waals surface area contributed by atoms with Crippen LogP contribution in [0.1, 0.15) is 29.2 Å². The molecule has 2 atom stereocenters. The highest BCUT2D eigenvalue weighted by atomic mass is 79.9. The van der Waals surface area contributed by atoms with Crippen LogP contribution < -0.4 is 10.1 Å². The fraction of sp³-hybridized carbons (Fsp3) is 0.286. The molecule has 1 aliphatic rings. The van der Waals surface area contributed by atoms with Crippen molar-refractivity contribution in [1.29, 1.82) is 0 Å². The number of carbonyl (C=O) groups is 1. The smallest absolute Gasteiger partial charge is 0.405 e. The molecule has 10 heteroatoms. The van der Waals surface area contributed by atoms with Gasteiger partial charge < -0.3 is 19.9 Å². The molecule has 0 unspecified atom stereocenters. The topological polar surface area (TPSA) is 80.2 Å². The summed E-state index contributed by atoms with van der Waals surface area (Å²) < 4.78 is 51.9. The number of alkyl halides is 3. The van der Waals surface area contributed by atoms with E-state index in [1.165, 1.54) is 0 Å². The summed E-state index contributed by atoms with van der Waals surface area (Å²) in [5.74, 6) is -0.171. The Labute approximate surface area is 226 Å². The van der Waals surface area contributed by atoms with E-state index < -0.39 is 30.3 Å². The summed E-state index contributed by atoms with van der Waals surface area (Å²) in [6.07, 6.45) is -5.07. The average Bonchev–Trinajstić information content (AvgIpc) is 3.29. The number of aliphatic hydroxyl groups excluding tert-OH is 1. The zero-order valence-electron chi connectivity index (χ0n) is 20.2. The standard InChI is InChI=1S/C28H26BrF3N2O4/c29-22-11-7-19(8-12-22)17-27(26(36)33-18-28(30,31)32)24(20-5-2-1-3-6-20)38-25(34-27)21-9-13-23(14-10-21)37-16-4-15-35/h1-3,5-14,24,35H,4,15-18H2,(H,33,36)/t24-,27-/m1/s1. The third-order valence-electron chi connectivity index (χ3n) is 5.97. The highest BCUT2D eigenvalue weighted by Crippen LogP contribution is 2.42. The van der Waals surface area contributed by atoms with Gasteiger partial charge in [0, 0.05) is 29.5 Å². The number of aliphatic hydroxyl groups is 1. The van der Waals surface area contributed by atoms with Crippen molar-refractivity contribution in [3.8, 4) is 5.75 Å². The van der Waals surface area contributed by atoms with Crippen molar-refractivity contribution in [1.82, 2.24) is 5.32 Å². The Bertz CT molecular complexity index is 1250. The van der Waals surface area contributed by atoms with Crippen LogP contribution in [0.5, 0.6) is 5.75 Å². The molecule has 0 radical (unpaired) electrons. The van der Waals surface area contributed by atoms with E-state index in [-0.39, 0.29) is 18.9 Å². The Morgan fingerprint density at radius 3 is 2.37 bits per heavy atom. The number of amides is 1. The highest BCUT2D eigenvalue weighted by molar-refractivity contribution is 9.10. The van der Waals surface area contributed by atoms with Crippen molar-refractivity contribution in [2.24, 2.45) is 4.99 Å². The highest BCUT2D eigenvalue weighted by Gasteiger charge is 2.53. The molecule has 4 rings (SSSR count). The second-order valence-corrected chi connectivity index (χ2v) is 9.72. The Morgan fingerprint density at radius 2 is 1.74 bits per heavy atom. The molecule has 0 saturated heterocycles. The summed E-state index contributed by atoms with van der Waals surface area (Å²) >= 11 is 3.38. The van der Waals surface area contributed by atoms with Crippen molar-refractivity contribution < 1.29 is 32.5 Å². The van der Waals surface area contributed by atoms with Crippen LogP contribution in [0.2, 0.25) is 0 Å². The number of ether oxygens (including phenoxy) is 2. The molecule has 1 heterocycles. The Balaban J connectivity index is 1.75. The lowest BCUT2D eigenvalue weighted by molar-refractivity contribution is -0.143. The summed E-state index contributed by atoms with van der Waals surface area (Å²) in [5.41, 5.74) is 0.153. The Morgan fingerprint density at radius 1 is 1.05 bits per heavy atom. The molecule has 1 amide bonds. The number of hydrogen-bond donors (Lipinski definition) is 2. The summed E-state index contributed by atoms with van der Waals surface area (Å²) in [6, 6.07) is 22.8. The number of benzene rings is 3. The van der Waals surface area contributed by atoms with Crippen LogP contribution in [0.25, 0.3) is 0 Å². The van der Waals surface area contributed by atoms with Gasteiger partial charge in [-0.2, -0.15) is 13.2 Å². The van der Waals surface area contributed by atoms with E-state index in [2.05, 4.69) is 15.9 Å². The molecule has 0 aliphatic carbocycles. The molecule has 0 aromatic heterocycles. The minimum Gasteiger partial charge on any atom is -0.494 e. The Kier molecular flexibility index (Phi) is 8.73. The second-order valence-electron chi connectivity index (χ2n) is 8.80. The summed E-state index contributed by atoms with van der Waals surface area (Å²) in [6.45, 7) is -1.13. The van der Waals surface area contributed by atoms with E-state index in [9.17, 15) is 18.0 Å². The van der Waals surface area contributed by atoms with E-state index in [1.54, 1.807) is 78.9 Å². The lowest BCUT2D eigenvalue weighted by Crippen LogP contribution is -2.51. The third kappa shape index (κ3) is 6.73. The molecular formula is C28H26BrF3N2O4. The van der Waals surface area contributed by atoms with Gasteiger partial charge in [0.1, 0.15) is 12.3 Å². The number of nitrogens with zero attached hydrogens (tertiary/aromatic N) is 1. The number of carbonyl (C=O) groups excluding carboxylic acids is 1. The van der Waals surface area contributed by atoms with Crippen molar-refractivity contribution in [3.63, 3.8) is 0 Å². The number of halogens is 4. The number of nitrogens with one attached hydrogen (secondary N) is 1. The molecule has 2 N–H and O–H groups in total. The quantitative estimate of drug-likeness (QED) is 0.310. The van der Waals surface area contributed by atoms with E-state index in [0.717, 1.165) is 4.47 Å². The molecule has 0 saturated carbocycles. The molecule has 0 bridgehead atoms. The first-order valence-corrected chi connectivity index (χ1v) is 12.7. The number of aliphatic imine (C=N–C) groups is 1. The summed E-state index contributed by atoms with van der Waals surface area (Å²) in [4.78, 5) is 18.3. The van der Waals surface area contributed by atoms with E-state index in [4.69, 9.17) is 19.6 Å². The van der Waals surface area contributed by atoms with Crippen molar-refractivity contribution in [3.05, 3.63) is 100 Å². The molecule has 0 spiro atoms. The van der Waals surface area contributed by atoms with Gasteiger partial charge in [0.2, 0.25) is 5.90 Å². The van der Waals surface area contributed by atoms with Gasteiger partial charge in [0.05, 0.1) is 6.61 Å². The molecule has 3 aromatic rings. The first-order chi connectivity index (χ1) is 18.2. The normalized spacial score (nSPS) is 19.0. The fourth-order valence-electron chi connectivity index (χ4n) is 4.16. The monoisotopic (exact) mass is 590 g/mol. The maximum Gasteiger partial charge on any atom is 0.405 e. The zero-order valence-corrected chi connectivity index (χ0v) is 21.8. The number of hydrogen-bond acceptors (Lipinski definition) is 5. The second kappa shape index (κ2) is 12.0. The van der Waals surface area contributed by atoms with Crippen LogP contribution in [-0.2, 0) is 16.0 Å². The minimum absolute atomic E-state index is 0.00931. The van der Waals surface area contributed by atoms with Crippen LogP contribution in [0.15, 0.2) is 88.3 Å². The van der Waals surface area contributed by atoms with Crippen LogP contribution in [0.3, 0.4) is 0 Å². The lowest BCUT2D eigenvalue weighted by atomic mass is 9.82. The van der Waals surface area contributed by atoms with E-state index >= 15 is 0 Å². The van der Waals surface area contributed by atoms with Gasteiger partial charge >= 0.3 is 6.18 Å². The van der Waals surface area contributed by atoms with E-state index in [0.29, 0.717) is 35.5 Å². The van der Waals surface area contributed by atoms with Crippen LogP contribution in [0.4, 0.5) is 13.2 Å². The molecule has 6 nitrogen and oxygen atoms in total. The lowest BCUT2D eigenvalue weighted by Gasteiger charge is -2.31. The molecule has 200 valence electrons. The largest absolute Gasteiger partial charge is 0.494 e. The average molecular weight is 591 g/mol. The van der Waals surface area contributed by atoms with Gasteiger partial charge in [0.25, 0.3) is 5.91 Å². The number of rotatable bonds is 10. The van der Waals surface area contributed by atoms with E-state index in [1.807, 2.05) is 5.32 Å². The van der Waals surface area contributed by atoms with Gasteiger partial charge in [0.15, 0.2) is 11.6 Å². The predicted octanol–water partition coefficient (Wildman–Crippen LogP) is 5.39. The molecular weight excluding hydrogens is 565 g/mol. The molecule has 3 aromatic carbocycles. The summed E-state index contributed by atoms with van der Waals surface area (Å²) in [7, 11) is 0. The minimum atomic E-state index is -4.59. The first-order valence-electron chi connectivity index (χ1n) is 12.0. The van der Waals surface area contributed by atoms with Gasteiger partial charge in [-0.05, 0) is 47.5 Å². The van der Waals surface area contributed by atoms with Gasteiger partial charge in [-0.3, -0.25) is 4.79 Å². The predicted molar refractivity (Wildman–Crippen MR) is 140 cm³/mol. The van der Waals surface area contributed by atoms with Crippen LogP contribution >= 0.6 is 15.9 Å². The fourth-order valence-corrected chi connectivity index (χ4v) is 4.42. The van der Waals surface area contributed by atoms with Gasteiger partial charge in [-0.25, -0.2) is 4.99 Å². The van der Waals surface area contributed by atoms with Crippen molar-refractivity contribution in [2.75, 3.05) is 19.8 Å². The van der Waals surface area contributed by atoms with Crippen LogP contribution in [-0.4, -0.2) is 48.4 Å². The Hall–Kier alpha value is -3.37. The van der Waals surface area contributed by atoms with Gasteiger partial charge in [-0.1, -0.05) is 58.4 Å². The molecule has 1 aliphatic heterocycles. The van der Waals surface area contributed by atoms with Crippen molar-refractivity contribution >= 4 is 27.7 Å². The van der Waals surface area contributed by atoms with Crippen LogP contribution in [0, 0.1) is 0 Å². The third-order valence-corrected chi connectivity index (χ3v) is 6.50. The molecule has 0 fully saturated rings. The summed E-state index contributed by atoms with van der Waals surface area (Å²) in [5, 5.41) is 11.0. The maximum absolute atomic E-state index is 13.6. The van der Waals surface area contributed by atoms with Gasteiger partial charge in [-0.15, -0.1) is 0 Å². The molecule has 38 heavy (non-hydrogen) atoms. The van der Waals surface area contributed by atoms with Crippen molar-refractivity contribution in [2.45, 2.75) is 30.7 Å². The maximum atomic E-state index is 13.6.